The highest BCUT2D eigenvalue weighted by Gasteiger charge is 2.29. The predicted octanol–water partition coefficient (Wildman–Crippen LogP) is 0.326. The summed E-state index contributed by atoms with van der Waals surface area (Å²) in [6, 6.07) is 4.50. The monoisotopic (exact) mass is 414 g/mol. The summed E-state index contributed by atoms with van der Waals surface area (Å²) in [6.07, 6.45) is -1.10. The van der Waals surface area contributed by atoms with E-state index < -0.39 is 22.1 Å². The van der Waals surface area contributed by atoms with Crippen molar-refractivity contribution in [2.45, 2.75) is 31.3 Å². The van der Waals surface area contributed by atoms with E-state index in [4.69, 9.17) is 14.2 Å². The number of hydrogen-bond donors (Lipinski definition) is 1. The van der Waals surface area contributed by atoms with Crippen LogP contribution in [0.25, 0.3) is 0 Å². The first-order valence-electron chi connectivity index (χ1n) is 9.01. The molecule has 1 aliphatic heterocycles. The van der Waals surface area contributed by atoms with Crippen molar-refractivity contribution in [2.75, 3.05) is 40.0 Å². The lowest BCUT2D eigenvalue weighted by Gasteiger charge is -2.26. The number of ether oxygens (including phenoxy) is 3. The molecule has 1 aromatic rings. The lowest BCUT2D eigenvalue weighted by Crippen LogP contribution is -2.40. The van der Waals surface area contributed by atoms with Gasteiger partial charge in [-0.15, -0.1) is 0 Å². The van der Waals surface area contributed by atoms with Gasteiger partial charge in [-0.3, -0.25) is 9.59 Å². The molecule has 1 amide bonds. The van der Waals surface area contributed by atoms with E-state index >= 15 is 0 Å². The third-order valence-corrected chi connectivity index (χ3v) is 6.11. The fourth-order valence-corrected chi connectivity index (χ4v) is 4.35. The largest absolute Gasteiger partial charge is 0.495 e. The van der Waals surface area contributed by atoms with E-state index in [-0.39, 0.29) is 36.1 Å². The van der Waals surface area contributed by atoms with Gasteiger partial charge >= 0.3 is 5.97 Å². The van der Waals surface area contributed by atoms with Crippen molar-refractivity contribution in [1.82, 2.24) is 9.62 Å². The molecule has 1 saturated heterocycles. The maximum absolute atomic E-state index is 13.0. The summed E-state index contributed by atoms with van der Waals surface area (Å²) in [7, 11) is -2.41. The molecule has 0 aliphatic carbocycles. The Labute approximate surface area is 165 Å². The average molecular weight is 414 g/mol. The predicted molar refractivity (Wildman–Crippen MR) is 101 cm³/mol. The van der Waals surface area contributed by atoms with Gasteiger partial charge < -0.3 is 19.5 Å². The fourth-order valence-electron chi connectivity index (χ4n) is 2.74. The molecule has 1 fully saturated rings. The minimum absolute atomic E-state index is 0.0148. The number of rotatable bonds is 8. The third-order valence-electron chi connectivity index (χ3n) is 4.19. The molecule has 1 N–H and O–H groups in total. The summed E-state index contributed by atoms with van der Waals surface area (Å²) in [5.74, 6) is -0.820. The van der Waals surface area contributed by atoms with Crippen LogP contribution in [0.4, 0.5) is 0 Å². The zero-order valence-electron chi connectivity index (χ0n) is 16.3. The molecule has 1 heterocycles. The summed E-state index contributed by atoms with van der Waals surface area (Å²) in [6.45, 7) is 4.83. The molecule has 0 bridgehead atoms. The number of likely N-dealkylation sites (N-methyl/N-ethyl adjacent to an activating group) is 1. The Balaban J connectivity index is 2.18. The molecule has 1 aliphatic rings. The van der Waals surface area contributed by atoms with Crippen molar-refractivity contribution in [3.05, 3.63) is 23.8 Å². The van der Waals surface area contributed by atoms with Gasteiger partial charge in [0.2, 0.25) is 10.0 Å². The van der Waals surface area contributed by atoms with Crippen LogP contribution >= 0.6 is 0 Å². The van der Waals surface area contributed by atoms with Gasteiger partial charge in [0.15, 0.2) is 6.10 Å². The summed E-state index contributed by atoms with van der Waals surface area (Å²) >= 11 is 0. The second kappa shape index (κ2) is 9.85. The van der Waals surface area contributed by atoms with Gasteiger partial charge in [-0.1, -0.05) is 6.07 Å². The van der Waals surface area contributed by atoms with Crippen molar-refractivity contribution in [3.8, 4) is 5.75 Å². The molecule has 0 unspecified atom stereocenters. The molecule has 0 aromatic heterocycles. The zero-order chi connectivity index (χ0) is 20.7. The van der Waals surface area contributed by atoms with Crippen LogP contribution in [0.15, 0.2) is 23.1 Å². The maximum Gasteiger partial charge on any atom is 0.311 e. The van der Waals surface area contributed by atoms with Gasteiger partial charge in [-0.25, -0.2) is 8.42 Å². The number of nitrogens with zero attached hydrogens (tertiary/aromatic N) is 1. The normalized spacial score (nSPS) is 16.2. The Hall–Kier alpha value is -2.17. The molecule has 10 heteroatoms. The minimum Gasteiger partial charge on any atom is -0.495 e. The molecule has 0 radical (unpaired) electrons. The lowest BCUT2D eigenvalue weighted by molar-refractivity contribution is -0.154. The van der Waals surface area contributed by atoms with E-state index in [2.05, 4.69) is 5.32 Å². The molecule has 156 valence electrons. The number of hydrogen-bond acceptors (Lipinski definition) is 7. The molecule has 9 nitrogen and oxygen atoms in total. The quantitative estimate of drug-likeness (QED) is 0.610. The SMILES string of the molecule is CCNC(=O)[C@H](C)OC(=O)Cc1ccc(OC)c(S(=O)(=O)N2CCOCC2)c1. The van der Waals surface area contributed by atoms with Crippen LogP contribution in [0, 0.1) is 0 Å². The topological polar surface area (TPSA) is 111 Å². The molecule has 28 heavy (non-hydrogen) atoms. The van der Waals surface area contributed by atoms with E-state index in [1.165, 1.54) is 30.5 Å². The first-order valence-corrected chi connectivity index (χ1v) is 10.5. The van der Waals surface area contributed by atoms with E-state index in [1.54, 1.807) is 13.0 Å². The second-order valence-corrected chi connectivity index (χ2v) is 8.11. The summed E-state index contributed by atoms with van der Waals surface area (Å²) in [4.78, 5) is 23.8. The van der Waals surface area contributed by atoms with Gasteiger partial charge in [-0.2, -0.15) is 4.31 Å². The highest BCUT2D eigenvalue weighted by atomic mass is 32.2. The van der Waals surface area contributed by atoms with Crippen molar-refractivity contribution < 1.29 is 32.2 Å². The van der Waals surface area contributed by atoms with E-state index in [0.29, 0.717) is 25.3 Å². The molecular weight excluding hydrogens is 388 g/mol. The summed E-state index contributed by atoms with van der Waals surface area (Å²) in [5.41, 5.74) is 0.445. The number of nitrogens with one attached hydrogen (secondary N) is 1. The highest BCUT2D eigenvalue weighted by molar-refractivity contribution is 7.89. The summed E-state index contributed by atoms with van der Waals surface area (Å²) in [5, 5.41) is 2.57. The number of benzene rings is 1. The van der Waals surface area contributed by atoms with Crippen LogP contribution in [0.2, 0.25) is 0 Å². The lowest BCUT2D eigenvalue weighted by atomic mass is 10.1. The Kier molecular flexibility index (Phi) is 7.78. The molecular formula is C18H26N2O7S. The first-order chi connectivity index (χ1) is 13.3. The fraction of sp³-hybridized carbons (Fsp3) is 0.556. The van der Waals surface area contributed by atoms with Gasteiger partial charge in [-0.05, 0) is 31.5 Å². The third kappa shape index (κ3) is 5.43. The van der Waals surface area contributed by atoms with E-state index in [1.807, 2.05) is 0 Å². The Bertz CT molecular complexity index is 804. The smallest absolute Gasteiger partial charge is 0.311 e. The van der Waals surface area contributed by atoms with Crippen molar-refractivity contribution in [1.29, 1.82) is 0 Å². The van der Waals surface area contributed by atoms with Gasteiger partial charge in [0.25, 0.3) is 5.91 Å². The number of carbonyl (C=O) groups excluding carboxylic acids is 2. The molecule has 1 aromatic carbocycles. The number of esters is 1. The number of morpholine rings is 1. The first kappa shape index (κ1) is 22.1. The van der Waals surface area contributed by atoms with Gasteiger partial charge in [0.1, 0.15) is 10.6 Å². The van der Waals surface area contributed by atoms with Crippen molar-refractivity contribution in [2.24, 2.45) is 0 Å². The second-order valence-electron chi connectivity index (χ2n) is 6.21. The van der Waals surface area contributed by atoms with Crippen LogP contribution in [0.1, 0.15) is 19.4 Å². The zero-order valence-corrected chi connectivity index (χ0v) is 17.1. The van der Waals surface area contributed by atoms with E-state index in [9.17, 15) is 18.0 Å². The molecule has 0 spiro atoms. The Morgan fingerprint density at radius 2 is 1.96 bits per heavy atom. The van der Waals surface area contributed by atoms with Gasteiger partial charge in [0.05, 0.1) is 26.7 Å². The number of sulfonamides is 1. The summed E-state index contributed by atoms with van der Waals surface area (Å²) < 4.78 is 42.8. The molecule has 2 rings (SSSR count). The Morgan fingerprint density at radius 1 is 1.29 bits per heavy atom. The van der Waals surface area contributed by atoms with Crippen LogP contribution in [0.3, 0.4) is 0 Å². The molecule has 0 saturated carbocycles. The van der Waals surface area contributed by atoms with Crippen LogP contribution < -0.4 is 10.1 Å². The number of carbonyl (C=O) groups is 2. The van der Waals surface area contributed by atoms with Crippen LogP contribution in [-0.2, 0) is 35.5 Å². The number of methoxy groups -OCH3 is 1. The van der Waals surface area contributed by atoms with Crippen molar-refractivity contribution >= 4 is 21.9 Å². The van der Waals surface area contributed by atoms with Gasteiger partial charge in [0, 0.05) is 19.6 Å². The van der Waals surface area contributed by atoms with Crippen molar-refractivity contribution in [3.63, 3.8) is 0 Å². The maximum atomic E-state index is 13.0. The highest BCUT2D eigenvalue weighted by Crippen LogP contribution is 2.28. The van der Waals surface area contributed by atoms with E-state index in [0.717, 1.165) is 0 Å². The van der Waals surface area contributed by atoms with Crippen LogP contribution in [-0.4, -0.2) is 70.7 Å². The average Bonchev–Trinajstić information content (AvgIpc) is 2.68. The van der Waals surface area contributed by atoms with Crippen LogP contribution in [0.5, 0.6) is 5.75 Å². The number of amides is 1. The Morgan fingerprint density at radius 3 is 2.57 bits per heavy atom. The minimum atomic E-state index is -3.79. The molecule has 1 atom stereocenters. The standard InChI is InChI=1S/C18H26N2O7S/c1-4-19-18(22)13(2)27-17(21)12-14-5-6-15(25-3)16(11-14)28(23,24)20-7-9-26-10-8-20/h5-6,11,13H,4,7-10,12H2,1-3H3,(H,19,22)/t13-/m0/s1.